The van der Waals surface area contributed by atoms with E-state index in [4.69, 9.17) is 4.74 Å². The van der Waals surface area contributed by atoms with Crippen molar-refractivity contribution in [2.24, 2.45) is 0 Å². The topological polar surface area (TPSA) is 107 Å². The number of aryl methyl sites for hydroxylation is 1. The van der Waals surface area contributed by atoms with Crippen LogP contribution in [-0.2, 0) is 9.53 Å². The molecule has 3 aromatic heterocycles. The minimum Gasteiger partial charge on any atom is -0.462 e. The van der Waals surface area contributed by atoms with Gasteiger partial charge < -0.3 is 10.1 Å². The standard InChI is InChI=1S/C24H21N5O3S2/c1-3-32-24(31)17-8-4-5-9-18(17)27-20(30)14-33-21-11-10-19(28-29-21)22-15(2)26-23(34-22)16-7-6-12-25-13-16/h4-13H,3,14H2,1-2H3,(H,27,30). The molecular formula is C24H21N5O3S2. The van der Waals surface area contributed by atoms with Crippen LogP contribution < -0.4 is 5.32 Å². The van der Waals surface area contributed by atoms with Gasteiger partial charge in [-0.25, -0.2) is 9.78 Å². The summed E-state index contributed by atoms with van der Waals surface area (Å²) < 4.78 is 5.04. The molecule has 1 N–H and O–H groups in total. The summed E-state index contributed by atoms with van der Waals surface area (Å²) in [6.45, 7) is 3.93. The summed E-state index contributed by atoms with van der Waals surface area (Å²) in [6, 6.07) is 14.3. The van der Waals surface area contributed by atoms with Gasteiger partial charge >= 0.3 is 5.97 Å². The second-order valence-electron chi connectivity index (χ2n) is 7.03. The largest absolute Gasteiger partial charge is 0.462 e. The van der Waals surface area contributed by atoms with E-state index in [9.17, 15) is 9.59 Å². The highest BCUT2D eigenvalue weighted by atomic mass is 32.2. The number of thioether (sulfide) groups is 1. The van der Waals surface area contributed by atoms with Gasteiger partial charge in [0.05, 0.1) is 34.2 Å². The van der Waals surface area contributed by atoms with Gasteiger partial charge in [-0.2, -0.15) is 0 Å². The summed E-state index contributed by atoms with van der Waals surface area (Å²) in [5.74, 6) is -0.611. The third kappa shape index (κ3) is 5.64. The summed E-state index contributed by atoms with van der Waals surface area (Å²) in [4.78, 5) is 34.2. The third-order valence-electron chi connectivity index (χ3n) is 4.63. The van der Waals surface area contributed by atoms with Crippen LogP contribution in [0, 0.1) is 6.92 Å². The van der Waals surface area contributed by atoms with Crippen molar-refractivity contribution in [3.8, 4) is 21.1 Å². The van der Waals surface area contributed by atoms with E-state index in [0.29, 0.717) is 16.3 Å². The number of hydrogen-bond acceptors (Lipinski definition) is 9. The maximum atomic E-state index is 12.4. The first-order valence-electron chi connectivity index (χ1n) is 10.5. The number of esters is 1. The Morgan fingerprint density at radius 1 is 1.09 bits per heavy atom. The first kappa shape index (κ1) is 23.5. The number of carbonyl (C=O) groups is 2. The molecule has 0 saturated carbocycles. The lowest BCUT2D eigenvalue weighted by molar-refractivity contribution is -0.113. The zero-order valence-electron chi connectivity index (χ0n) is 18.5. The van der Waals surface area contributed by atoms with E-state index in [0.717, 1.165) is 26.8 Å². The van der Waals surface area contributed by atoms with Gasteiger partial charge in [0, 0.05) is 18.0 Å². The minimum atomic E-state index is -0.474. The summed E-state index contributed by atoms with van der Waals surface area (Å²) >= 11 is 2.80. The number of benzene rings is 1. The number of nitrogens with zero attached hydrogens (tertiary/aromatic N) is 4. The lowest BCUT2D eigenvalue weighted by Crippen LogP contribution is -2.17. The predicted octanol–water partition coefficient (Wildman–Crippen LogP) is 4.88. The highest BCUT2D eigenvalue weighted by Crippen LogP contribution is 2.34. The number of hydrogen-bond donors (Lipinski definition) is 1. The molecule has 10 heteroatoms. The van der Waals surface area contributed by atoms with Crippen molar-refractivity contribution >= 4 is 40.7 Å². The van der Waals surface area contributed by atoms with Crippen LogP contribution in [0.1, 0.15) is 23.0 Å². The Morgan fingerprint density at radius 3 is 2.68 bits per heavy atom. The maximum Gasteiger partial charge on any atom is 0.340 e. The maximum absolute atomic E-state index is 12.4. The molecular weight excluding hydrogens is 470 g/mol. The number of anilines is 1. The molecule has 4 aromatic rings. The van der Waals surface area contributed by atoms with Crippen LogP contribution in [0.4, 0.5) is 5.69 Å². The van der Waals surface area contributed by atoms with Crippen LogP contribution in [0.3, 0.4) is 0 Å². The quantitative estimate of drug-likeness (QED) is 0.275. The average molecular weight is 492 g/mol. The molecule has 0 fully saturated rings. The third-order valence-corrected chi connectivity index (χ3v) is 6.77. The molecule has 0 radical (unpaired) electrons. The van der Waals surface area contributed by atoms with Crippen molar-refractivity contribution < 1.29 is 14.3 Å². The molecule has 0 aliphatic heterocycles. The fraction of sp³-hybridized carbons (Fsp3) is 0.167. The van der Waals surface area contributed by atoms with E-state index in [1.165, 1.54) is 23.1 Å². The molecule has 0 saturated heterocycles. The number of para-hydroxylation sites is 1. The monoisotopic (exact) mass is 491 g/mol. The Balaban J connectivity index is 1.38. The van der Waals surface area contributed by atoms with Gasteiger partial charge in [-0.1, -0.05) is 23.9 Å². The summed E-state index contributed by atoms with van der Waals surface area (Å²) in [6.07, 6.45) is 3.51. The van der Waals surface area contributed by atoms with Crippen molar-refractivity contribution in [3.63, 3.8) is 0 Å². The Labute approximate surface area is 204 Å². The van der Waals surface area contributed by atoms with Crippen molar-refractivity contribution in [2.45, 2.75) is 18.9 Å². The smallest absolute Gasteiger partial charge is 0.340 e. The number of pyridine rings is 1. The van der Waals surface area contributed by atoms with E-state index >= 15 is 0 Å². The van der Waals surface area contributed by atoms with Crippen LogP contribution in [0.25, 0.3) is 21.1 Å². The SMILES string of the molecule is CCOC(=O)c1ccccc1NC(=O)CSc1ccc(-c2sc(-c3cccnc3)nc2C)nn1. The van der Waals surface area contributed by atoms with Crippen LogP contribution in [0.2, 0.25) is 0 Å². The second-order valence-corrected chi connectivity index (χ2v) is 9.03. The van der Waals surface area contributed by atoms with Gasteiger partial charge in [-0.05, 0) is 50.2 Å². The van der Waals surface area contributed by atoms with Crippen molar-refractivity contribution in [1.29, 1.82) is 0 Å². The molecule has 1 amide bonds. The van der Waals surface area contributed by atoms with Crippen molar-refractivity contribution in [2.75, 3.05) is 17.7 Å². The number of nitrogens with one attached hydrogen (secondary N) is 1. The highest BCUT2D eigenvalue weighted by Gasteiger charge is 2.15. The van der Waals surface area contributed by atoms with E-state index < -0.39 is 5.97 Å². The fourth-order valence-corrected chi connectivity index (χ4v) is 4.70. The molecule has 0 spiro atoms. The predicted molar refractivity (Wildman–Crippen MR) is 133 cm³/mol. The number of ether oxygens (including phenoxy) is 1. The van der Waals surface area contributed by atoms with Crippen LogP contribution in [0.15, 0.2) is 66.0 Å². The summed E-state index contributed by atoms with van der Waals surface area (Å²) in [5, 5.41) is 12.8. The number of aromatic nitrogens is 4. The normalized spacial score (nSPS) is 10.6. The minimum absolute atomic E-state index is 0.121. The van der Waals surface area contributed by atoms with E-state index in [1.54, 1.807) is 43.6 Å². The van der Waals surface area contributed by atoms with Gasteiger partial charge in [0.15, 0.2) is 0 Å². The van der Waals surface area contributed by atoms with Gasteiger partial charge in [-0.15, -0.1) is 21.5 Å². The molecule has 0 atom stereocenters. The molecule has 34 heavy (non-hydrogen) atoms. The number of rotatable bonds is 8. The molecule has 0 aliphatic carbocycles. The van der Waals surface area contributed by atoms with E-state index in [-0.39, 0.29) is 18.3 Å². The molecule has 3 heterocycles. The zero-order chi connectivity index (χ0) is 23.9. The molecule has 8 nitrogen and oxygen atoms in total. The number of carbonyl (C=O) groups excluding carboxylic acids is 2. The second kappa shape index (κ2) is 11.0. The zero-order valence-corrected chi connectivity index (χ0v) is 20.2. The number of amides is 1. The number of thiazole rings is 1. The Bertz CT molecular complexity index is 1290. The Morgan fingerprint density at radius 2 is 1.94 bits per heavy atom. The van der Waals surface area contributed by atoms with E-state index in [2.05, 4.69) is 25.5 Å². The molecule has 0 aliphatic rings. The van der Waals surface area contributed by atoms with Gasteiger partial charge in [0.25, 0.3) is 0 Å². The van der Waals surface area contributed by atoms with Crippen molar-refractivity contribution in [3.05, 3.63) is 72.2 Å². The summed E-state index contributed by atoms with van der Waals surface area (Å²) in [7, 11) is 0. The summed E-state index contributed by atoms with van der Waals surface area (Å²) in [5.41, 5.74) is 3.29. The van der Waals surface area contributed by atoms with Crippen LogP contribution in [0.5, 0.6) is 0 Å². The Hall–Kier alpha value is -3.63. The lowest BCUT2D eigenvalue weighted by Gasteiger charge is -2.10. The molecule has 4 rings (SSSR count). The molecule has 0 unspecified atom stereocenters. The van der Waals surface area contributed by atoms with Crippen LogP contribution >= 0.6 is 23.1 Å². The van der Waals surface area contributed by atoms with Gasteiger partial charge in [-0.3, -0.25) is 9.78 Å². The first-order chi connectivity index (χ1) is 16.5. The highest BCUT2D eigenvalue weighted by molar-refractivity contribution is 7.99. The van der Waals surface area contributed by atoms with Crippen LogP contribution in [-0.4, -0.2) is 44.4 Å². The lowest BCUT2D eigenvalue weighted by atomic mass is 10.2. The van der Waals surface area contributed by atoms with Crippen molar-refractivity contribution in [1.82, 2.24) is 20.2 Å². The molecule has 172 valence electrons. The fourth-order valence-electron chi connectivity index (χ4n) is 3.07. The average Bonchev–Trinajstić information content (AvgIpc) is 3.25. The van der Waals surface area contributed by atoms with Gasteiger partial charge in [0.1, 0.15) is 15.7 Å². The molecule has 1 aromatic carbocycles. The first-order valence-corrected chi connectivity index (χ1v) is 12.3. The Kier molecular flexibility index (Phi) is 7.61. The van der Waals surface area contributed by atoms with Gasteiger partial charge in [0.2, 0.25) is 5.91 Å². The van der Waals surface area contributed by atoms with E-state index in [1.807, 2.05) is 31.2 Å². The molecule has 0 bridgehead atoms.